The predicted molar refractivity (Wildman–Crippen MR) is 78.0 cm³/mol. The fourth-order valence-electron chi connectivity index (χ4n) is 2.75. The summed E-state index contributed by atoms with van der Waals surface area (Å²) >= 11 is 0. The Balaban J connectivity index is 1.91. The van der Waals surface area contributed by atoms with Gasteiger partial charge in [0.1, 0.15) is 0 Å². The first kappa shape index (κ1) is 15.5. The molecule has 21 heavy (non-hydrogen) atoms. The summed E-state index contributed by atoms with van der Waals surface area (Å²) in [4.78, 5) is 24.9. The van der Waals surface area contributed by atoms with Gasteiger partial charge in [-0.3, -0.25) is 9.69 Å². The molecular formula is C16H21NO4. The van der Waals surface area contributed by atoms with Gasteiger partial charge in [-0.1, -0.05) is 12.1 Å². The zero-order valence-corrected chi connectivity index (χ0v) is 12.5. The highest BCUT2D eigenvalue weighted by Gasteiger charge is 2.24. The highest BCUT2D eigenvalue weighted by atomic mass is 16.5. The zero-order valence-electron chi connectivity index (χ0n) is 12.5. The van der Waals surface area contributed by atoms with Gasteiger partial charge in [0.25, 0.3) is 0 Å². The second-order valence-electron chi connectivity index (χ2n) is 5.36. The lowest BCUT2D eigenvalue weighted by molar-refractivity contribution is -0.141. The first-order valence-corrected chi connectivity index (χ1v) is 7.08. The molecule has 114 valence electrons. The summed E-state index contributed by atoms with van der Waals surface area (Å²) in [5.74, 6) is 0.00137. The van der Waals surface area contributed by atoms with Crippen LogP contribution < -0.4 is 0 Å². The first-order chi connectivity index (χ1) is 10.1. The van der Waals surface area contributed by atoms with Crippen molar-refractivity contribution in [3.8, 4) is 0 Å². The van der Waals surface area contributed by atoms with Crippen molar-refractivity contribution in [1.29, 1.82) is 0 Å². The molecule has 1 aliphatic rings. The van der Waals surface area contributed by atoms with E-state index in [2.05, 4.69) is 9.64 Å². The molecule has 0 aromatic heterocycles. The number of esters is 2. The van der Waals surface area contributed by atoms with Crippen LogP contribution in [0.2, 0.25) is 0 Å². The lowest BCUT2D eigenvalue weighted by atomic mass is 9.97. The van der Waals surface area contributed by atoms with Crippen LogP contribution in [0.1, 0.15) is 22.3 Å². The molecule has 0 bridgehead atoms. The Labute approximate surface area is 124 Å². The number of benzene rings is 1. The lowest BCUT2D eigenvalue weighted by Crippen LogP contribution is -2.28. The summed E-state index contributed by atoms with van der Waals surface area (Å²) < 4.78 is 9.42. The van der Waals surface area contributed by atoms with Crippen LogP contribution in [-0.4, -0.2) is 50.7 Å². The number of carbonyl (C=O) groups excluding carboxylic acids is 2. The van der Waals surface area contributed by atoms with E-state index in [-0.39, 0.29) is 11.9 Å². The maximum Gasteiger partial charge on any atom is 0.337 e. The molecule has 1 atom stereocenters. The number of hydrogen-bond acceptors (Lipinski definition) is 5. The molecule has 0 spiro atoms. The van der Waals surface area contributed by atoms with Gasteiger partial charge in [0, 0.05) is 6.54 Å². The molecule has 1 aromatic rings. The van der Waals surface area contributed by atoms with E-state index in [1.165, 1.54) is 14.2 Å². The smallest absolute Gasteiger partial charge is 0.337 e. The Morgan fingerprint density at radius 2 is 2.10 bits per heavy atom. The summed E-state index contributed by atoms with van der Waals surface area (Å²) in [6.07, 6.45) is 1.96. The van der Waals surface area contributed by atoms with Crippen LogP contribution in [0.25, 0.3) is 0 Å². The van der Waals surface area contributed by atoms with Crippen LogP contribution >= 0.6 is 0 Å². The van der Waals surface area contributed by atoms with E-state index < -0.39 is 0 Å². The quantitative estimate of drug-likeness (QED) is 0.770. The Hall–Kier alpha value is -1.88. The summed E-state index contributed by atoms with van der Waals surface area (Å²) in [5, 5.41) is 0. The largest absolute Gasteiger partial charge is 0.468 e. The minimum absolute atomic E-state index is 0.191. The summed E-state index contributed by atoms with van der Waals surface area (Å²) in [7, 11) is 2.80. The topological polar surface area (TPSA) is 55.8 Å². The van der Waals surface area contributed by atoms with Crippen molar-refractivity contribution in [2.45, 2.75) is 12.8 Å². The molecule has 2 rings (SSSR count). The number of methoxy groups -OCH3 is 2. The molecule has 0 saturated carbocycles. The highest BCUT2D eigenvalue weighted by molar-refractivity contribution is 5.89. The van der Waals surface area contributed by atoms with Gasteiger partial charge in [0.05, 0.1) is 26.3 Å². The molecule has 0 radical (unpaired) electrons. The number of ether oxygens (including phenoxy) is 2. The standard InChI is InChI=1S/C16H21NO4/c1-20-15(18)11-17-7-6-13(10-17)8-12-4-3-5-14(9-12)16(19)21-2/h3-5,9,13H,6-8,10-11H2,1-2H3. The summed E-state index contributed by atoms with van der Waals surface area (Å²) in [6, 6.07) is 7.54. The molecule has 1 aliphatic heterocycles. The van der Waals surface area contributed by atoms with Crippen LogP contribution in [0.4, 0.5) is 0 Å². The second-order valence-corrected chi connectivity index (χ2v) is 5.36. The van der Waals surface area contributed by atoms with Crippen LogP contribution in [0, 0.1) is 5.92 Å². The third-order valence-corrected chi connectivity index (χ3v) is 3.82. The van der Waals surface area contributed by atoms with Crippen LogP contribution in [-0.2, 0) is 20.7 Å². The van der Waals surface area contributed by atoms with Crippen molar-refractivity contribution in [2.75, 3.05) is 33.9 Å². The van der Waals surface area contributed by atoms with Crippen LogP contribution in [0.15, 0.2) is 24.3 Å². The van der Waals surface area contributed by atoms with Crippen molar-refractivity contribution in [3.63, 3.8) is 0 Å². The predicted octanol–water partition coefficient (Wildman–Crippen LogP) is 1.51. The number of likely N-dealkylation sites (tertiary alicyclic amines) is 1. The van der Waals surface area contributed by atoms with Crippen LogP contribution in [0.3, 0.4) is 0 Å². The van der Waals surface area contributed by atoms with Crippen molar-refractivity contribution in [1.82, 2.24) is 4.90 Å². The normalized spacial score (nSPS) is 18.5. The van der Waals surface area contributed by atoms with Crippen LogP contribution in [0.5, 0.6) is 0 Å². The average molecular weight is 291 g/mol. The molecule has 1 unspecified atom stereocenters. The Kier molecular flexibility index (Phi) is 5.33. The maximum absolute atomic E-state index is 11.5. The van der Waals surface area contributed by atoms with E-state index in [1.54, 1.807) is 6.07 Å². The van der Waals surface area contributed by atoms with Crippen molar-refractivity contribution < 1.29 is 19.1 Å². The Morgan fingerprint density at radius 3 is 2.81 bits per heavy atom. The molecular weight excluding hydrogens is 270 g/mol. The van der Waals surface area contributed by atoms with E-state index in [0.29, 0.717) is 18.0 Å². The summed E-state index contributed by atoms with van der Waals surface area (Å²) in [6.45, 7) is 2.16. The molecule has 0 aliphatic carbocycles. The minimum atomic E-state index is -0.310. The van der Waals surface area contributed by atoms with E-state index >= 15 is 0 Å². The van der Waals surface area contributed by atoms with Crippen molar-refractivity contribution in [2.24, 2.45) is 5.92 Å². The fourth-order valence-corrected chi connectivity index (χ4v) is 2.75. The third-order valence-electron chi connectivity index (χ3n) is 3.82. The van der Waals surface area contributed by atoms with Gasteiger partial charge in [0.2, 0.25) is 0 Å². The fraction of sp³-hybridized carbons (Fsp3) is 0.500. The second kappa shape index (κ2) is 7.22. The SMILES string of the molecule is COC(=O)CN1CCC(Cc2cccc(C(=O)OC)c2)C1. The van der Waals surface area contributed by atoms with E-state index in [1.807, 2.05) is 18.2 Å². The van der Waals surface area contributed by atoms with Gasteiger partial charge in [-0.25, -0.2) is 4.79 Å². The number of hydrogen-bond donors (Lipinski definition) is 0. The van der Waals surface area contributed by atoms with Gasteiger partial charge < -0.3 is 9.47 Å². The highest BCUT2D eigenvalue weighted by Crippen LogP contribution is 2.21. The monoisotopic (exact) mass is 291 g/mol. The molecule has 1 aromatic carbocycles. The van der Waals surface area contributed by atoms with Crippen molar-refractivity contribution in [3.05, 3.63) is 35.4 Å². The molecule has 1 fully saturated rings. The van der Waals surface area contributed by atoms with E-state index in [9.17, 15) is 9.59 Å². The van der Waals surface area contributed by atoms with Gasteiger partial charge in [-0.05, 0) is 43.0 Å². The Morgan fingerprint density at radius 1 is 1.29 bits per heavy atom. The third kappa shape index (κ3) is 4.29. The average Bonchev–Trinajstić information content (AvgIpc) is 2.93. The van der Waals surface area contributed by atoms with Crippen molar-refractivity contribution >= 4 is 11.9 Å². The maximum atomic E-state index is 11.5. The van der Waals surface area contributed by atoms with Gasteiger partial charge in [-0.15, -0.1) is 0 Å². The Bertz CT molecular complexity index is 515. The minimum Gasteiger partial charge on any atom is -0.468 e. The zero-order chi connectivity index (χ0) is 15.2. The molecule has 5 heteroatoms. The molecule has 0 amide bonds. The first-order valence-electron chi connectivity index (χ1n) is 7.08. The molecule has 1 saturated heterocycles. The van der Waals surface area contributed by atoms with Gasteiger partial charge in [0.15, 0.2) is 0 Å². The molecule has 1 heterocycles. The van der Waals surface area contributed by atoms with E-state index in [0.717, 1.165) is 31.5 Å². The number of carbonyl (C=O) groups is 2. The molecule has 0 N–H and O–H groups in total. The van der Waals surface area contributed by atoms with E-state index in [4.69, 9.17) is 4.74 Å². The number of rotatable bonds is 5. The van der Waals surface area contributed by atoms with Gasteiger partial charge in [-0.2, -0.15) is 0 Å². The summed E-state index contributed by atoms with van der Waals surface area (Å²) in [5.41, 5.74) is 1.71. The molecule has 5 nitrogen and oxygen atoms in total. The number of nitrogens with zero attached hydrogens (tertiary/aromatic N) is 1. The lowest BCUT2D eigenvalue weighted by Gasteiger charge is -2.14. The van der Waals surface area contributed by atoms with Gasteiger partial charge >= 0.3 is 11.9 Å².